The molecule has 0 radical (unpaired) electrons. The van der Waals surface area contributed by atoms with Gasteiger partial charge in [-0.2, -0.15) is 5.10 Å². The number of hydrogen-bond donors (Lipinski definition) is 2. The summed E-state index contributed by atoms with van der Waals surface area (Å²) >= 11 is 6.00. The second kappa shape index (κ2) is 5.51. The number of aromatic nitrogens is 2. The van der Waals surface area contributed by atoms with E-state index in [1.165, 1.54) is 6.08 Å². The SMILES string of the molecule is Cc1ccc(C=CC(=O)Nc2ccn[nH]2)cc1Cl. The lowest BCUT2D eigenvalue weighted by molar-refractivity contribution is -0.111. The average molecular weight is 262 g/mol. The second-order valence-electron chi connectivity index (χ2n) is 3.80. The van der Waals surface area contributed by atoms with Gasteiger partial charge in [-0.05, 0) is 30.2 Å². The zero-order valence-corrected chi connectivity index (χ0v) is 10.5. The molecule has 92 valence electrons. The zero-order chi connectivity index (χ0) is 13.0. The van der Waals surface area contributed by atoms with Gasteiger partial charge in [-0.3, -0.25) is 9.89 Å². The maximum Gasteiger partial charge on any atom is 0.249 e. The number of hydrogen-bond acceptors (Lipinski definition) is 2. The molecule has 1 amide bonds. The normalized spacial score (nSPS) is 10.8. The van der Waals surface area contributed by atoms with Crippen molar-refractivity contribution in [2.75, 3.05) is 5.32 Å². The van der Waals surface area contributed by atoms with Crippen LogP contribution in [0.5, 0.6) is 0 Å². The highest BCUT2D eigenvalue weighted by molar-refractivity contribution is 6.31. The van der Waals surface area contributed by atoms with E-state index >= 15 is 0 Å². The molecule has 4 nitrogen and oxygen atoms in total. The summed E-state index contributed by atoms with van der Waals surface area (Å²) in [7, 11) is 0. The molecule has 1 aromatic carbocycles. The third kappa shape index (κ3) is 3.21. The Hall–Kier alpha value is -2.07. The summed E-state index contributed by atoms with van der Waals surface area (Å²) in [6.45, 7) is 1.93. The number of aromatic amines is 1. The minimum absolute atomic E-state index is 0.226. The lowest BCUT2D eigenvalue weighted by Crippen LogP contribution is -2.07. The van der Waals surface area contributed by atoms with Crippen molar-refractivity contribution in [1.29, 1.82) is 0 Å². The number of anilines is 1. The van der Waals surface area contributed by atoms with Crippen LogP contribution in [0.25, 0.3) is 6.08 Å². The molecule has 2 aromatic rings. The van der Waals surface area contributed by atoms with Crippen molar-refractivity contribution < 1.29 is 4.79 Å². The van der Waals surface area contributed by atoms with Gasteiger partial charge in [0.25, 0.3) is 0 Å². The molecule has 2 rings (SSSR count). The van der Waals surface area contributed by atoms with E-state index in [0.29, 0.717) is 10.8 Å². The number of amides is 1. The predicted octanol–water partition coefficient (Wildman–Crippen LogP) is 3.02. The first kappa shape index (κ1) is 12.4. The fourth-order valence-corrected chi connectivity index (χ4v) is 1.57. The molecule has 0 spiro atoms. The number of carbonyl (C=O) groups excluding carboxylic acids is 1. The van der Waals surface area contributed by atoms with Crippen LogP contribution in [0.4, 0.5) is 5.82 Å². The monoisotopic (exact) mass is 261 g/mol. The summed E-state index contributed by atoms with van der Waals surface area (Å²) in [6.07, 6.45) is 4.72. The third-order valence-corrected chi connectivity index (χ3v) is 2.79. The van der Waals surface area contributed by atoms with Crippen molar-refractivity contribution in [3.8, 4) is 0 Å². The fourth-order valence-electron chi connectivity index (χ4n) is 1.38. The van der Waals surface area contributed by atoms with Gasteiger partial charge in [0.2, 0.25) is 5.91 Å². The summed E-state index contributed by atoms with van der Waals surface area (Å²) in [5, 5.41) is 9.71. The van der Waals surface area contributed by atoms with Crippen molar-refractivity contribution in [3.63, 3.8) is 0 Å². The maximum absolute atomic E-state index is 11.6. The standard InChI is InChI=1S/C13H12ClN3O/c1-9-2-3-10(8-11(9)14)4-5-13(18)16-12-6-7-15-17-12/h2-8H,1H3,(H2,15,16,17,18). The Labute approximate surface area is 110 Å². The van der Waals surface area contributed by atoms with E-state index in [1.807, 2.05) is 25.1 Å². The molecule has 0 bridgehead atoms. The Bertz CT molecular complexity index is 576. The predicted molar refractivity (Wildman–Crippen MR) is 72.4 cm³/mol. The van der Waals surface area contributed by atoms with Gasteiger partial charge < -0.3 is 5.32 Å². The van der Waals surface area contributed by atoms with Gasteiger partial charge in [-0.1, -0.05) is 23.7 Å². The van der Waals surface area contributed by atoms with Gasteiger partial charge >= 0.3 is 0 Å². The van der Waals surface area contributed by atoms with Crippen LogP contribution in [-0.2, 0) is 4.79 Å². The van der Waals surface area contributed by atoms with Crippen LogP contribution in [0, 0.1) is 6.92 Å². The Kier molecular flexibility index (Phi) is 3.79. The first-order valence-corrected chi connectivity index (χ1v) is 5.77. The molecule has 0 saturated carbocycles. The number of carbonyl (C=O) groups is 1. The van der Waals surface area contributed by atoms with E-state index in [0.717, 1.165) is 11.1 Å². The number of benzene rings is 1. The van der Waals surface area contributed by atoms with Gasteiger partial charge in [0, 0.05) is 17.2 Å². The van der Waals surface area contributed by atoms with E-state index in [-0.39, 0.29) is 5.91 Å². The van der Waals surface area contributed by atoms with Crippen molar-refractivity contribution >= 4 is 29.4 Å². The highest BCUT2D eigenvalue weighted by Gasteiger charge is 1.99. The maximum atomic E-state index is 11.6. The van der Waals surface area contributed by atoms with Crippen LogP contribution in [0.3, 0.4) is 0 Å². The lowest BCUT2D eigenvalue weighted by atomic mass is 10.1. The number of nitrogens with zero attached hydrogens (tertiary/aromatic N) is 1. The van der Waals surface area contributed by atoms with E-state index < -0.39 is 0 Å². The summed E-state index contributed by atoms with van der Waals surface area (Å²) < 4.78 is 0. The smallest absolute Gasteiger partial charge is 0.249 e. The fraction of sp³-hybridized carbons (Fsp3) is 0.0769. The summed E-state index contributed by atoms with van der Waals surface area (Å²) in [5.41, 5.74) is 1.89. The Morgan fingerprint density at radius 3 is 2.94 bits per heavy atom. The number of H-pyrrole nitrogens is 1. The summed E-state index contributed by atoms with van der Waals surface area (Å²) in [6, 6.07) is 7.31. The van der Waals surface area contributed by atoms with Crippen LogP contribution < -0.4 is 5.32 Å². The molecule has 5 heteroatoms. The number of rotatable bonds is 3. The molecule has 0 unspecified atom stereocenters. The van der Waals surface area contributed by atoms with Crippen LogP contribution >= 0.6 is 11.6 Å². The molecule has 0 aliphatic rings. The molecule has 0 aliphatic heterocycles. The van der Waals surface area contributed by atoms with E-state index in [4.69, 9.17) is 11.6 Å². The first-order valence-electron chi connectivity index (χ1n) is 5.40. The van der Waals surface area contributed by atoms with Crippen molar-refractivity contribution in [3.05, 3.63) is 52.7 Å². The Morgan fingerprint density at radius 1 is 1.44 bits per heavy atom. The van der Waals surface area contributed by atoms with Crippen LogP contribution in [0.1, 0.15) is 11.1 Å². The molecule has 1 aromatic heterocycles. The summed E-state index contributed by atoms with van der Waals surface area (Å²) in [5.74, 6) is 0.336. The van der Waals surface area contributed by atoms with Gasteiger partial charge in [-0.25, -0.2) is 0 Å². The van der Waals surface area contributed by atoms with Gasteiger partial charge in [0.05, 0.1) is 6.20 Å². The lowest BCUT2D eigenvalue weighted by Gasteiger charge is -1.99. The third-order valence-electron chi connectivity index (χ3n) is 2.38. The van der Waals surface area contributed by atoms with E-state index in [9.17, 15) is 4.79 Å². The highest BCUT2D eigenvalue weighted by Crippen LogP contribution is 2.17. The minimum atomic E-state index is -0.226. The molecule has 1 heterocycles. The quantitative estimate of drug-likeness (QED) is 0.835. The zero-order valence-electron chi connectivity index (χ0n) is 9.77. The molecule has 0 aliphatic carbocycles. The Balaban J connectivity index is 2.01. The van der Waals surface area contributed by atoms with E-state index in [1.54, 1.807) is 18.3 Å². The molecule has 0 fully saturated rings. The van der Waals surface area contributed by atoms with Crippen LogP contribution in [-0.4, -0.2) is 16.1 Å². The first-order chi connectivity index (χ1) is 8.65. The topological polar surface area (TPSA) is 57.8 Å². The molecule has 0 atom stereocenters. The molecule has 0 saturated heterocycles. The minimum Gasteiger partial charge on any atom is -0.307 e. The van der Waals surface area contributed by atoms with Crippen molar-refractivity contribution in [2.24, 2.45) is 0 Å². The average Bonchev–Trinajstić information content (AvgIpc) is 2.83. The summed E-state index contributed by atoms with van der Waals surface area (Å²) in [4.78, 5) is 11.6. The second-order valence-corrected chi connectivity index (χ2v) is 4.21. The number of aryl methyl sites for hydroxylation is 1. The molecule has 2 N–H and O–H groups in total. The van der Waals surface area contributed by atoms with Gasteiger partial charge in [-0.15, -0.1) is 0 Å². The van der Waals surface area contributed by atoms with E-state index in [2.05, 4.69) is 15.5 Å². The highest BCUT2D eigenvalue weighted by atomic mass is 35.5. The molecular weight excluding hydrogens is 250 g/mol. The van der Waals surface area contributed by atoms with Gasteiger partial charge in [0.15, 0.2) is 0 Å². The van der Waals surface area contributed by atoms with Crippen molar-refractivity contribution in [1.82, 2.24) is 10.2 Å². The van der Waals surface area contributed by atoms with Crippen molar-refractivity contribution in [2.45, 2.75) is 6.92 Å². The Morgan fingerprint density at radius 2 is 2.28 bits per heavy atom. The molecular formula is C13H12ClN3O. The van der Waals surface area contributed by atoms with Crippen LogP contribution in [0.2, 0.25) is 5.02 Å². The van der Waals surface area contributed by atoms with Gasteiger partial charge in [0.1, 0.15) is 5.82 Å². The van der Waals surface area contributed by atoms with Crippen LogP contribution in [0.15, 0.2) is 36.5 Å². The molecule has 18 heavy (non-hydrogen) atoms. The largest absolute Gasteiger partial charge is 0.307 e. The number of halogens is 1. The number of nitrogens with one attached hydrogen (secondary N) is 2.